The van der Waals surface area contributed by atoms with Crippen LogP contribution in [-0.2, 0) is 37.8 Å². The van der Waals surface area contributed by atoms with E-state index in [-0.39, 0.29) is 18.8 Å². The van der Waals surface area contributed by atoms with Gasteiger partial charge in [-0.15, -0.1) is 0 Å². The van der Waals surface area contributed by atoms with Crippen LogP contribution in [0.1, 0.15) is 89.0 Å². The fraction of sp³-hybridized carbons (Fsp3) is 0.714. The summed E-state index contributed by atoms with van der Waals surface area (Å²) in [7, 11) is -2.28. The molecule has 1 unspecified atom stereocenters. The van der Waals surface area contributed by atoms with Gasteiger partial charge in [0.2, 0.25) is 14.1 Å². The van der Waals surface area contributed by atoms with Gasteiger partial charge in [0, 0.05) is 26.4 Å². The highest BCUT2D eigenvalue weighted by Crippen LogP contribution is 2.43. The molecule has 1 heterocycles. The summed E-state index contributed by atoms with van der Waals surface area (Å²) in [6.45, 7) is 21.4. The summed E-state index contributed by atoms with van der Waals surface area (Å²) in [6, 6.07) is 0. The van der Waals surface area contributed by atoms with E-state index in [1.807, 2.05) is 20.8 Å². The number of allylic oxidation sites excluding steroid dienone is 2. The maximum absolute atomic E-state index is 13.4. The van der Waals surface area contributed by atoms with E-state index in [2.05, 4.69) is 41.5 Å². The molecule has 2 atom stereocenters. The van der Waals surface area contributed by atoms with E-state index in [1.165, 1.54) is 13.8 Å². The van der Waals surface area contributed by atoms with Crippen molar-refractivity contribution < 1.29 is 37.8 Å². The molecule has 0 saturated heterocycles. The normalized spacial score (nSPS) is 17.0. The Morgan fingerprint density at radius 1 is 0.946 bits per heavy atom. The van der Waals surface area contributed by atoms with E-state index in [0.717, 1.165) is 11.6 Å². The van der Waals surface area contributed by atoms with E-state index < -0.39 is 56.1 Å². The summed E-state index contributed by atoms with van der Waals surface area (Å²) in [6.07, 6.45) is 1.74. The molecule has 37 heavy (non-hydrogen) atoms. The lowest BCUT2D eigenvalue weighted by Crippen LogP contribution is -2.50. The maximum Gasteiger partial charge on any atom is 0.337 e. The van der Waals surface area contributed by atoms with Gasteiger partial charge in [0.1, 0.15) is 12.4 Å². The number of carbonyl (C=O) groups is 4. The van der Waals surface area contributed by atoms with Gasteiger partial charge >= 0.3 is 11.9 Å². The molecule has 9 heteroatoms. The second-order valence-corrected chi connectivity index (χ2v) is 16.8. The highest BCUT2D eigenvalue weighted by atomic mass is 28.4. The Bertz CT molecular complexity index is 887. The molecule has 8 nitrogen and oxygen atoms in total. The van der Waals surface area contributed by atoms with Crippen LogP contribution in [0.2, 0.25) is 16.6 Å². The van der Waals surface area contributed by atoms with E-state index in [9.17, 15) is 19.2 Å². The molecule has 0 bridgehead atoms. The van der Waals surface area contributed by atoms with Crippen molar-refractivity contribution >= 4 is 31.8 Å². The minimum absolute atomic E-state index is 0.0382. The van der Waals surface area contributed by atoms with Gasteiger partial charge in [-0.3, -0.25) is 14.4 Å². The molecule has 210 valence electrons. The first-order chi connectivity index (χ1) is 16.9. The zero-order chi connectivity index (χ0) is 28.7. The third-order valence-corrected chi connectivity index (χ3v) is 12.8. The molecule has 0 N–H and O–H groups in total. The second-order valence-electron chi connectivity index (χ2n) is 11.4. The summed E-state index contributed by atoms with van der Waals surface area (Å²) in [5, 5.41) is 0. The molecule has 0 spiro atoms. The van der Waals surface area contributed by atoms with Gasteiger partial charge < -0.3 is 18.6 Å². The lowest BCUT2D eigenvalue weighted by atomic mass is 9.92. The number of cyclic esters (lactones) is 1. The molecular weight excluding hydrogens is 492 g/mol. The minimum atomic E-state index is -2.28. The predicted octanol–water partition coefficient (Wildman–Crippen LogP) is 5.80. The lowest BCUT2D eigenvalue weighted by Gasteiger charge is -2.44. The van der Waals surface area contributed by atoms with Gasteiger partial charge in [-0.25, -0.2) is 4.79 Å². The molecule has 1 aliphatic heterocycles. The number of hydrogen-bond acceptors (Lipinski definition) is 8. The number of ether oxygens (including phenoxy) is 3. The van der Waals surface area contributed by atoms with Crippen molar-refractivity contribution in [2.24, 2.45) is 5.92 Å². The third kappa shape index (κ3) is 9.21. The van der Waals surface area contributed by atoms with Gasteiger partial charge in [0.15, 0.2) is 17.5 Å². The molecular formula is C28H46O8Si. The fourth-order valence-electron chi connectivity index (χ4n) is 5.15. The highest BCUT2D eigenvalue weighted by molar-refractivity contribution is 6.77. The first kappa shape index (κ1) is 32.8. The largest absolute Gasteiger partial charge is 0.461 e. The van der Waals surface area contributed by atoms with Crippen LogP contribution >= 0.6 is 0 Å². The predicted molar refractivity (Wildman–Crippen MR) is 144 cm³/mol. The average molecular weight is 539 g/mol. The fourth-order valence-corrected chi connectivity index (χ4v) is 10.7. The van der Waals surface area contributed by atoms with Gasteiger partial charge in [0.25, 0.3) is 0 Å². The number of esters is 2. The van der Waals surface area contributed by atoms with Gasteiger partial charge in [-0.05, 0) is 43.5 Å². The smallest absolute Gasteiger partial charge is 0.337 e. The summed E-state index contributed by atoms with van der Waals surface area (Å²) in [5.41, 5.74) is 1.88. The van der Waals surface area contributed by atoms with Crippen LogP contribution in [0.25, 0.3) is 0 Å². The molecule has 0 aromatic carbocycles. The number of ketones is 2. The molecule has 0 amide bonds. The van der Waals surface area contributed by atoms with Crippen LogP contribution in [0, 0.1) is 5.92 Å². The highest BCUT2D eigenvalue weighted by Gasteiger charge is 2.47. The van der Waals surface area contributed by atoms with Crippen molar-refractivity contribution in [3.8, 4) is 0 Å². The molecule has 0 aromatic heterocycles. The van der Waals surface area contributed by atoms with E-state index >= 15 is 0 Å². The first-order valence-corrected chi connectivity index (χ1v) is 15.2. The van der Waals surface area contributed by atoms with E-state index in [1.54, 1.807) is 6.08 Å². The van der Waals surface area contributed by atoms with Gasteiger partial charge in [0.05, 0.1) is 12.5 Å². The van der Waals surface area contributed by atoms with Crippen LogP contribution < -0.4 is 0 Å². The Balaban J connectivity index is 3.18. The molecule has 0 fully saturated rings. The van der Waals surface area contributed by atoms with Crippen LogP contribution in [0.15, 0.2) is 23.5 Å². The summed E-state index contributed by atoms with van der Waals surface area (Å²) < 4.78 is 22.5. The van der Waals surface area contributed by atoms with E-state index in [4.69, 9.17) is 18.6 Å². The van der Waals surface area contributed by atoms with E-state index in [0.29, 0.717) is 16.6 Å². The lowest BCUT2D eigenvalue weighted by molar-refractivity contribution is -0.205. The van der Waals surface area contributed by atoms with Crippen LogP contribution in [-0.4, -0.2) is 50.3 Å². The topological polar surface area (TPSA) is 105 Å². The Labute approximate surface area is 223 Å². The Morgan fingerprint density at radius 3 is 1.95 bits per heavy atom. The number of hydrogen-bond donors (Lipinski definition) is 0. The minimum Gasteiger partial charge on any atom is -0.461 e. The summed E-state index contributed by atoms with van der Waals surface area (Å²) in [5.74, 6) is -5.71. The number of Topliss-reactive ketones (excluding diaryl/α,β-unsaturated/α-hetero) is 2. The van der Waals surface area contributed by atoms with Crippen molar-refractivity contribution in [2.75, 3.05) is 6.61 Å². The summed E-state index contributed by atoms with van der Waals surface area (Å²) in [4.78, 5) is 51.5. The van der Waals surface area contributed by atoms with Crippen molar-refractivity contribution in [3.05, 3.63) is 23.5 Å². The second kappa shape index (κ2) is 13.5. The average Bonchev–Trinajstić information content (AvgIpc) is 2.69. The van der Waals surface area contributed by atoms with Crippen LogP contribution in [0.4, 0.5) is 0 Å². The van der Waals surface area contributed by atoms with Gasteiger partial charge in [-0.2, -0.15) is 0 Å². The Hall–Kier alpha value is -2.26. The molecule has 0 saturated carbocycles. The number of rotatable bonds is 14. The molecule has 1 rings (SSSR count). The quantitative estimate of drug-likeness (QED) is 0.118. The zero-order valence-corrected chi connectivity index (χ0v) is 25.4. The van der Waals surface area contributed by atoms with Crippen LogP contribution in [0.5, 0.6) is 0 Å². The standard InChI is InChI=1S/C28H46O8Si/c1-17(2)12-13-33-27(32)26(24(30)15-22-16-25(31)35-28(10,11)34-22)23(29)14-21(9)36-37(18(3)4,19(5)6)20(7)8/h12,16,18-21,26H,13-15H2,1-11H3/t21-,26?/m1/s1. The van der Waals surface area contributed by atoms with Crippen molar-refractivity contribution in [2.45, 2.75) is 118 Å². The molecule has 0 radical (unpaired) electrons. The van der Waals surface area contributed by atoms with Crippen molar-refractivity contribution in [3.63, 3.8) is 0 Å². The van der Waals surface area contributed by atoms with Crippen molar-refractivity contribution in [1.82, 2.24) is 0 Å². The summed E-state index contributed by atoms with van der Waals surface area (Å²) >= 11 is 0. The van der Waals surface area contributed by atoms with Gasteiger partial charge in [-0.1, -0.05) is 47.1 Å². The molecule has 0 aromatic rings. The third-order valence-electron chi connectivity index (χ3n) is 6.55. The Morgan fingerprint density at radius 2 is 1.49 bits per heavy atom. The van der Waals surface area contributed by atoms with Crippen molar-refractivity contribution in [1.29, 1.82) is 0 Å². The molecule has 1 aliphatic rings. The maximum atomic E-state index is 13.4. The zero-order valence-electron chi connectivity index (χ0n) is 24.4. The monoisotopic (exact) mass is 538 g/mol. The molecule has 0 aliphatic carbocycles. The van der Waals surface area contributed by atoms with Crippen LogP contribution in [0.3, 0.4) is 0 Å². The first-order valence-electron chi connectivity index (χ1n) is 13.1. The SMILES string of the molecule is CC(C)=CCOC(=O)C(C(=O)CC1=CC(=O)OC(C)(C)O1)C(=O)C[C@@H](C)O[Si](C(C)C)(C(C)C)C(C)C. The number of carbonyl (C=O) groups excluding carboxylic acids is 4. The Kier molecular flexibility index (Phi) is 12.0.